The van der Waals surface area contributed by atoms with Crippen molar-refractivity contribution < 1.29 is 14.3 Å². The molecule has 1 amide bonds. The summed E-state index contributed by atoms with van der Waals surface area (Å²) in [4.78, 5) is 11.5. The van der Waals surface area contributed by atoms with Crippen LogP contribution in [-0.4, -0.2) is 11.7 Å². The van der Waals surface area contributed by atoms with Crippen LogP contribution in [0.5, 0.6) is 0 Å². The molecular formula is C13H18NO3. The summed E-state index contributed by atoms with van der Waals surface area (Å²) in [6.45, 7) is 5.91. The first-order valence-corrected chi connectivity index (χ1v) is 5.36. The smallest absolute Gasteiger partial charge is 0.412 e. The monoisotopic (exact) mass is 236 g/mol. The van der Waals surface area contributed by atoms with Crippen molar-refractivity contribution in [2.45, 2.75) is 33.0 Å². The van der Waals surface area contributed by atoms with Crippen LogP contribution in [0.1, 0.15) is 26.3 Å². The zero-order valence-corrected chi connectivity index (χ0v) is 10.4. The second-order valence-corrected chi connectivity index (χ2v) is 4.67. The van der Waals surface area contributed by atoms with Gasteiger partial charge in [-0.1, -0.05) is 12.1 Å². The van der Waals surface area contributed by atoms with Crippen LogP contribution in [0.3, 0.4) is 0 Å². The van der Waals surface area contributed by atoms with E-state index in [0.29, 0.717) is 12.3 Å². The van der Waals surface area contributed by atoms with E-state index in [4.69, 9.17) is 9.47 Å². The van der Waals surface area contributed by atoms with Crippen molar-refractivity contribution in [3.63, 3.8) is 0 Å². The molecular weight excluding hydrogens is 218 g/mol. The van der Waals surface area contributed by atoms with Crippen molar-refractivity contribution in [2.24, 2.45) is 0 Å². The molecule has 93 valence electrons. The minimum atomic E-state index is -0.494. The van der Waals surface area contributed by atoms with Gasteiger partial charge in [-0.3, -0.25) is 5.32 Å². The first kappa shape index (κ1) is 13.5. The maximum Gasteiger partial charge on any atom is 0.412 e. The van der Waals surface area contributed by atoms with Crippen molar-refractivity contribution in [1.29, 1.82) is 0 Å². The molecule has 0 unspecified atom stereocenters. The number of amides is 1. The van der Waals surface area contributed by atoms with Crippen LogP contribution < -0.4 is 5.32 Å². The molecule has 17 heavy (non-hydrogen) atoms. The summed E-state index contributed by atoms with van der Waals surface area (Å²) < 4.78 is 9.89. The van der Waals surface area contributed by atoms with Crippen molar-refractivity contribution in [2.75, 3.05) is 5.32 Å². The van der Waals surface area contributed by atoms with E-state index in [-0.39, 0.29) is 0 Å². The second kappa shape index (κ2) is 5.68. The number of rotatable bonds is 3. The summed E-state index contributed by atoms with van der Waals surface area (Å²) in [5, 5.41) is 2.65. The van der Waals surface area contributed by atoms with Crippen LogP contribution in [-0.2, 0) is 16.1 Å². The number of anilines is 1. The third-order valence-electron chi connectivity index (χ3n) is 1.87. The molecule has 1 radical (unpaired) electrons. The predicted molar refractivity (Wildman–Crippen MR) is 66.4 cm³/mol. The van der Waals surface area contributed by atoms with Gasteiger partial charge in [0.1, 0.15) is 5.60 Å². The van der Waals surface area contributed by atoms with Gasteiger partial charge in [-0.15, -0.1) is 0 Å². The summed E-state index contributed by atoms with van der Waals surface area (Å²) in [5.74, 6) is 0. The molecule has 0 saturated heterocycles. The molecule has 1 N–H and O–H groups in total. The Labute approximate surface area is 102 Å². The fourth-order valence-corrected chi connectivity index (χ4v) is 1.22. The standard InChI is InChI=1S/C13H18NO3/c1-13(2,3)17-12(15)14-11-7-5-10(6-8-11)9-16-4/h5-8H,4,9H2,1-3H3,(H,14,15). The Bertz CT molecular complexity index is 365. The molecule has 4 nitrogen and oxygen atoms in total. The van der Waals surface area contributed by atoms with Gasteiger partial charge in [0.15, 0.2) is 0 Å². The minimum absolute atomic E-state index is 0.451. The molecule has 1 aromatic rings. The molecule has 0 heterocycles. The van der Waals surface area contributed by atoms with Crippen LogP contribution in [0.25, 0.3) is 0 Å². The lowest BCUT2D eigenvalue weighted by molar-refractivity contribution is 0.0636. The number of ether oxygens (including phenoxy) is 2. The number of carbonyl (C=O) groups is 1. The Hall–Kier alpha value is -1.55. The zero-order valence-electron chi connectivity index (χ0n) is 10.4. The minimum Gasteiger partial charge on any atom is -0.444 e. The SMILES string of the molecule is [CH2]OCc1ccc(NC(=O)OC(C)(C)C)cc1. The summed E-state index contributed by atoms with van der Waals surface area (Å²) in [7, 11) is 3.30. The van der Waals surface area contributed by atoms with E-state index in [1.54, 1.807) is 12.1 Å². The van der Waals surface area contributed by atoms with Gasteiger partial charge >= 0.3 is 6.09 Å². The Morgan fingerprint density at radius 2 is 1.88 bits per heavy atom. The van der Waals surface area contributed by atoms with E-state index >= 15 is 0 Å². The van der Waals surface area contributed by atoms with Crippen molar-refractivity contribution in [1.82, 2.24) is 0 Å². The molecule has 0 aromatic heterocycles. The van der Waals surface area contributed by atoms with Crippen LogP contribution in [0.2, 0.25) is 0 Å². The number of nitrogens with one attached hydrogen (secondary N) is 1. The molecule has 0 aliphatic heterocycles. The summed E-state index contributed by atoms with van der Waals surface area (Å²) in [6.07, 6.45) is -0.460. The third kappa shape index (κ3) is 5.36. The topological polar surface area (TPSA) is 47.6 Å². The van der Waals surface area contributed by atoms with Crippen molar-refractivity contribution >= 4 is 11.8 Å². The maximum atomic E-state index is 11.5. The molecule has 1 rings (SSSR count). The zero-order chi connectivity index (χ0) is 12.9. The number of hydrogen-bond acceptors (Lipinski definition) is 3. The molecule has 0 bridgehead atoms. The Kier molecular flexibility index (Phi) is 4.52. The van der Waals surface area contributed by atoms with Crippen molar-refractivity contribution in [3.8, 4) is 0 Å². The molecule has 1 aromatic carbocycles. The molecule has 0 spiro atoms. The third-order valence-corrected chi connectivity index (χ3v) is 1.87. The second-order valence-electron chi connectivity index (χ2n) is 4.67. The average Bonchev–Trinajstić information content (AvgIpc) is 2.18. The van der Waals surface area contributed by atoms with Gasteiger partial charge < -0.3 is 9.47 Å². The highest BCUT2D eigenvalue weighted by Gasteiger charge is 2.15. The Morgan fingerprint density at radius 3 is 2.35 bits per heavy atom. The van der Waals surface area contributed by atoms with Gasteiger partial charge in [-0.2, -0.15) is 0 Å². The van der Waals surface area contributed by atoms with Gasteiger partial charge in [0.05, 0.1) is 13.7 Å². The molecule has 0 atom stereocenters. The maximum absolute atomic E-state index is 11.5. The van der Waals surface area contributed by atoms with E-state index < -0.39 is 11.7 Å². The van der Waals surface area contributed by atoms with Crippen LogP contribution >= 0.6 is 0 Å². The summed E-state index contributed by atoms with van der Waals surface area (Å²) >= 11 is 0. The quantitative estimate of drug-likeness (QED) is 0.875. The Morgan fingerprint density at radius 1 is 1.29 bits per heavy atom. The lowest BCUT2D eigenvalue weighted by Gasteiger charge is -2.19. The van der Waals surface area contributed by atoms with Gasteiger partial charge in [0, 0.05) is 5.69 Å². The van der Waals surface area contributed by atoms with Crippen LogP contribution in [0.15, 0.2) is 24.3 Å². The molecule has 0 aliphatic carbocycles. The highest BCUT2D eigenvalue weighted by atomic mass is 16.6. The first-order valence-electron chi connectivity index (χ1n) is 5.36. The summed E-state index contributed by atoms with van der Waals surface area (Å²) in [6, 6.07) is 7.30. The molecule has 4 heteroatoms. The van der Waals surface area contributed by atoms with E-state index in [1.165, 1.54) is 0 Å². The van der Waals surface area contributed by atoms with Crippen LogP contribution in [0.4, 0.5) is 10.5 Å². The van der Waals surface area contributed by atoms with Crippen LogP contribution in [0, 0.1) is 7.11 Å². The van der Waals surface area contributed by atoms with Gasteiger partial charge in [0.25, 0.3) is 0 Å². The lowest BCUT2D eigenvalue weighted by Crippen LogP contribution is -2.27. The number of carbonyl (C=O) groups excluding carboxylic acids is 1. The van der Waals surface area contributed by atoms with E-state index in [9.17, 15) is 4.79 Å². The Balaban J connectivity index is 2.54. The van der Waals surface area contributed by atoms with E-state index in [0.717, 1.165) is 5.56 Å². The fraction of sp³-hybridized carbons (Fsp3) is 0.385. The van der Waals surface area contributed by atoms with E-state index in [2.05, 4.69) is 12.4 Å². The normalized spacial score (nSPS) is 11.1. The molecule has 0 aliphatic rings. The number of benzene rings is 1. The molecule has 0 saturated carbocycles. The molecule has 0 fully saturated rings. The average molecular weight is 236 g/mol. The predicted octanol–water partition coefficient (Wildman–Crippen LogP) is 3.34. The first-order chi connectivity index (χ1) is 7.90. The largest absolute Gasteiger partial charge is 0.444 e. The highest BCUT2D eigenvalue weighted by Crippen LogP contribution is 2.13. The summed E-state index contributed by atoms with van der Waals surface area (Å²) in [5.41, 5.74) is 1.19. The van der Waals surface area contributed by atoms with E-state index in [1.807, 2.05) is 32.9 Å². The fourth-order valence-electron chi connectivity index (χ4n) is 1.22. The van der Waals surface area contributed by atoms with Gasteiger partial charge in [-0.05, 0) is 38.5 Å². The van der Waals surface area contributed by atoms with Gasteiger partial charge in [0.2, 0.25) is 0 Å². The number of hydrogen-bond donors (Lipinski definition) is 1. The van der Waals surface area contributed by atoms with Crippen molar-refractivity contribution in [3.05, 3.63) is 36.9 Å². The van der Waals surface area contributed by atoms with Gasteiger partial charge in [-0.25, -0.2) is 4.79 Å². The lowest BCUT2D eigenvalue weighted by atomic mass is 10.2. The highest BCUT2D eigenvalue weighted by molar-refractivity contribution is 5.84.